The summed E-state index contributed by atoms with van der Waals surface area (Å²) < 4.78 is 0. The molecular formula is C10H13NOS. The first kappa shape index (κ1) is 10.1. The zero-order chi connectivity index (χ0) is 9.84. The van der Waals surface area contributed by atoms with Gasteiger partial charge in [0.2, 0.25) is 0 Å². The molecule has 0 aliphatic rings. The number of Topliss-reactive ketones (excluding diaryl/α,β-unsaturated/α-hetero) is 1. The van der Waals surface area contributed by atoms with Crippen LogP contribution < -0.4 is 5.73 Å². The number of benzene rings is 1. The van der Waals surface area contributed by atoms with Gasteiger partial charge in [-0.25, -0.2) is 0 Å². The summed E-state index contributed by atoms with van der Waals surface area (Å²) >= 11 is 1.63. The lowest BCUT2D eigenvalue weighted by Gasteiger charge is -2.03. The molecule has 0 aliphatic heterocycles. The average molecular weight is 195 g/mol. The van der Waals surface area contributed by atoms with Gasteiger partial charge in [0.05, 0.1) is 0 Å². The SMILES string of the molecule is CSc1cc(N)cc(CC(C)=O)c1. The Morgan fingerprint density at radius 1 is 1.46 bits per heavy atom. The zero-order valence-corrected chi connectivity index (χ0v) is 8.65. The largest absolute Gasteiger partial charge is 0.399 e. The van der Waals surface area contributed by atoms with Crippen molar-refractivity contribution in [3.05, 3.63) is 23.8 Å². The predicted octanol–water partition coefficient (Wildman–Crippen LogP) is 2.12. The van der Waals surface area contributed by atoms with Gasteiger partial charge in [-0.05, 0) is 36.9 Å². The fraction of sp³-hybridized carbons (Fsp3) is 0.300. The minimum Gasteiger partial charge on any atom is -0.399 e. The molecule has 0 radical (unpaired) electrons. The molecule has 0 fully saturated rings. The van der Waals surface area contributed by atoms with Gasteiger partial charge in [-0.3, -0.25) is 4.79 Å². The van der Waals surface area contributed by atoms with E-state index in [2.05, 4.69) is 0 Å². The van der Waals surface area contributed by atoms with Crippen LogP contribution in [0.1, 0.15) is 12.5 Å². The molecule has 0 spiro atoms. The molecule has 2 N–H and O–H groups in total. The number of rotatable bonds is 3. The summed E-state index contributed by atoms with van der Waals surface area (Å²) in [6.07, 6.45) is 2.46. The lowest BCUT2D eigenvalue weighted by Crippen LogP contribution is -1.97. The molecule has 1 aromatic carbocycles. The van der Waals surface area contributed by atoms with E-state index in [9.17, 15) is 4.79 Å². The zero-order valence-electron chi connectivity index (χ0n) is 7.83. The maximum Gasteiger partial charge on any atom is 0.134 e. The van der Waals surface area contributed by atoms with Crippen molar-refractivity contribution >= 4 is 23.2 Å². The molecule has 1 rings (SSSR count). The van der Waals surface area contributed by atoms with Crippen molar-refractivity contribution in [1.29, 1.82) is 0 Å². The van der Waals surface area contributed by atoms with Crippen LogP contribution in [0, 0.1) is 0 Å². The third-order valence-corrected chi connectivity index (χ3v) is 2.38. The second kappa shape index (κ2) is 4.33. The predicted molar refractivity (Wildman–Crippen MR) is 57.0 cm³/mol. The Balaban J connectivity index is 2.94. The summed E-state index contributed by atoms with van der Waals surface area (Å²) in [5, 5.41) is 0. The lowest BCUT2D eigenvalue weighted by molar-refractivity contribution is -0.116. The monoisotopic (exact) mass is 195 g/mol. The van der Waals surface area contributed by atoms with Gasteiger partial charge in [-0.2, -0.15) is 0 Å². The van der Waals surface area contributed by atoms with Crippen molar-refractivity contribution in [2.45, 2.75) is 18.2 Å². The molecule has 0 aromatic heterocycles. The van der Waals surface area contributed by atoms with Gasteiger partial charge in [-0.1, -0.05) is 0 Å². The average Bonchev–Trinajstić information content (AvgIpc) is 2.01. The Morgan fingerprint density at radius 2 is 2.15 bits per heavy atom. The van der Waals surface area contributed by atoms with E-state index in [4.69, 9.17) is 5.73 Å². The molecule has 0 aliphatic carbocycles. The fourth-order valence-corrected chi connectivity index (χ4v) is 1.72. The van der Waals surface area contributed by atoms with E-state index in [1.54, 1.807) is 18.7 Å². The summed E-state index contributed by atoms with van der Waals surface area (Å²) in [5.41, 5.74) is 7.41. The van der Waals surface area contributed by atoms with Gasteiger partial charge in [0, 0.05) is 17.0 Å². The third kappa shape index (κ3) is 3.11. The highest BCUT2D eigenvalue weighted by atomic mass is 32.2. The van der Waals surface area contributed by atoms with Gasteiger partial charge in [0.15, 0.2) is 0 Å². The van der Waals surface area contributed by atoms with Crippen LogP contribution in [0.5, 0.6) is 0 Å². The normalized spacial score (nSPS) is 10.0. The second-order valence-corrected chi connectivity index (χ2v) is 3.87. The first-order valence-electron chi connectivity index (χ1n) is 4.04. The number of nitrogen functional groups attached to an aromatic ring is 1. The minimum absolute atomic E-state index is 0.164. The number of carbonyl (C=O) groups is 1. The van der Waals surface area contributed by atoms with E-state index in [0.717, 1.165) is 16.1 Å². The number of hydrogen-bond acceptors (Lipinski definition) is 3. The number of hydrogen-bond donors (Lipinski definition) is 1. The molecular weight excluding hydrogens is 182 g/mol. The Morgan fingerprint density at radius 3 is 2.69 bits per heavy atom. The summed E-state index contributed by atoms with van der Waals surface area (Å²) in [5.74, 6) is 0.164. The van der Waals surface area contributed by atoms with Crippen molar-refractivity contribution in [3.63, 3.8) is 0 Å². The molecule has 1 aromatic rings. The smallest absolute Gasteiger partial charge is 0.134 e. The molecule has 0 atom stereocenters. The molecule has 0 unspecified atom stereocenters. The van der Waals surface area contributed by atoms with Crippen LogP contribution in [0.25, 0.3) is 0 Å². The van der Waals surface area contributed by atoms with Crippen molar-refractivity contribution in [1.82, 2.24) is 0 Å². The summed E-state index contributed by atoms with van der Waals surface area (Å²) in [7, 11) is 0. The number of carbonyl (C=O) groups excluding carboxylic acids is 1. The van der Waals surface area contributed by atoms with Crippen LogP contribution in [0.4, 0.5) is 5.69 Å². The van der Waals surface area contributed by atoms with Crippen LogP contribution in [-0.4, -0.2) is 12.0 Å². The van der Waals surface area contributed by atoms with E-state index in [0.29, 0.717) is 6.42 Å². The lowest BCUT2D eigenvalue weighted by atomic mass is 10.1. The Labute approximate surface area is 82.5 Å². The third-order valence-electron chi connectivity index (χ3n) is 1.68. The van der Waals surface area contributed by atoms with E-state index < -0.39 is 0 Å². The van der Waals surface area contributed by atoms with Crippen molar-refractivity contribution in [2.24, 2.45) is 0 Å². The van der Waals surface area contributed by atoms with Crippen molar-refractivity contribution < 1.29 is 4.79 Å². The highest BCUT2D eigenvalue weighted by Gasteiger charge is 2.00. The van der Waals surface area contributed by atoms with E-state index in [1.807, 2.05) is 24.5 Å². The van der Waals surface area contributed by atoms with Crippen LogP contribution in [0.2, 0.25) is 0 Å². The highest BCUT2D eigenvalue weighted by Crippen LogP contribution is 2.20. The quantitative estimate of drug-likeness (QED) is 0.593. The van der Waals surface area contributed by atoms with Gasteiger partial charge in [0.1, 0.15) is 5.78 Å². The topological polar surface area (TPSA) is 43.1 Å². The summed E-state index contributed by atoms with van der Waals surface area (Å²) in [4.78, 5) is 12.0. The van der Waals surface area contributed by atoms with Gasteiger partial charge >= 0.3 is 0 Å². The minimum atomic E-state index is 0.164. The number of anilines is 1. The number of nitrogens with two attached hydrogens (primary N) is 1. The van der Waals surface area contributed by atoms with Crippen molar-refractivity contribution in [2.75, 3.05) is 12.0 Å². The van der Waals surface area contributed by atoms with Gasteiger partial charge < -0.3 is 5.73 Å². The van der Waals surface area contributed by atoms with Gasteiger partial charge in [-0.15, -0.1) is 11.8 Å². The van der Waals surface area contributed by atoms with Crippen LogP contribution in [0.3, 0.4) is 0 Å². The molecule has 2 nitrogen and oxygen atoms in total. The first-order chi connectivity index (χ1) is 6.11. The fourth-order valence-electron chi connectivity index (χ4n) is 1.19. The van der Waals surface area contributed by atoms with Crippen molar-refractivity contribution in [3.8, 4) is 0 Å². The Kier molecular flexibility index (Phi) is 3.37. The molecule has 13 heavy (non-hydrogen) atoms. The first-order valence-corrected chi connectivity index (χ1v) is 5.27. The maximum atomic E-state index is 10.9. The van der Waals surface area contributed by atoms with Crippen LogP contribution in [-0.2, 0) is 11.2 Å². The maximum absolute atomic E-state index is 10.9. The molecule has 0 bridgehead atoms. The number of ketones is 1. The standard InChI is InChI=1S/C10H13NOS/c1-7(12)3-8-4-9(11)6-10(5-8)13-2/h4-6H,3,11H2,1-2H3. The molecule has 3 heteroatoms. The van der Waals surface area contributed by atoms with Crippen LogP contribution >= 0.6 is 11.8 Å². The Hall–Kier alpha value is -0.960. The second-order valence-electron chi connectivity index (χ2n) is 2.99. The Bertz CT molecular complexity index is 323. The molecule has 0 saturated carbocycles. The number of thioether (sulfide) groups is 1. The molecule has 0 saturated heterocycles. The van der Waals surface area contributed by atoms with E-state index >= 15 is 0 Å². The summed E-state index contributed by atoms with van der Waals surface area (Å²) in [6.45, 7) is 1.59. The molecule has 70 valence electrons. The molecule has 0 heterocycles. The molecule has 0 amide bonds. The van der Waals surface area contributed by atoms with E-state index in [1.165, 1.54) is 0 Å². The van der Waals surface area contributed by atoms with E-state index in [-0.39, 0.29) is 5.78 Å². The van der Waals surface area contributed by atoms with Crippen LogP contribution in [0.15, 0.2) is 23.1 Å². The summed E-state index contributed by atoms with van der Waals surface area (Å²) in [6, 6.07) is 5.76. The van der Waals surface area contributed by atoms with Gasteiger partial charge in [0.25, 0.3) is 0 Å². The highest BCUT2D eigenvalue weighted by molar-refractivity contribution is 7.98.